The van der Waals surface area contributed by atoms with Crippen molar-refractivity contribution in [3.05, 3.63) is 64.5 Å². The van der Waals surface area contributed by atoms with Gasteiger partial charge >= 0.3 is 0 Å². The van der Waals surface area contributed by atoms with E-state index in [1.807, 2.05) is 50.2 Å². The number of oxazole rings is 1. The molecule has 154 valence electrons. The van der Waals surface area contributed by atoms with Gasteiger partial charge in [0.1, 0.15) is 11.5 Å². The van der Waals surface area contributed by atoms with Gasteiger partial charge in [-0.1, -0.05) is 17.7 Å². The maximum absolute atomic E-state index is 12.9. The molecule has 3 rings (SSSR count). The Bertz CT molecular complexity index is 1090. The highest BCUT2D eigenvalue weighted by Crippen LogP contribution is 2.25. The summed E-state index contributed by atoms with van der Waals surface area (Å²) in [6, 6.07) is 11.2. The van der Waals surface area contributed by atoms with Crippen molar-refractivity contribution in [3.8, 4) is 17.2 Å². The van der Waals surface area contributed by atoms with E-state index in [0.717, 1.165) is 28.0 Å². The van der Waals surface area contributed by atoms with Gasteiger partial charge in [0, 0.05) is 5.56 Å². The minimum absolute atomic E-state index is 0.0570. The molecule has 0 atom stereocenters. The molecule has 0 unspecified atom stereocenters. The fourth-order valence-corrected chi connectivity index (χ4v) is 4.84. The number of hydrogen-bond donors (Lipinski definition) is 1. The molecule has 0 spiro atoms. The monoisotopic (exact) mass is 414 g/mol. The van der Waals surface area contributed by atoms with Crippen LogP contribution in [0.3, 0.4) is 0 Å². The third-order valence-corrected chi connectivity index (χ3v) is 6.31. The molecule has 7 heteroatoms. The average Bonchev–Trinajstić information content (AvgIpc) is 3.01. The number of benzene rings is 2. The van der Waals surface area contributed by atoms with Crippen molar-refractivity contribution in [1.29, 1.82) is 0 Å². The summed E-state index contributed by atoms with van der Waals surface area (Å²) in [6.45, 7) is 9.92. The number of aryl methyl sites for hydroxylation is 4. The van der Waals surface area contributed by atoms with Gasteiger partial charge < -0.3 is 9.15 Å². The second kappa shape index (κ2) is 8.39. The molecule has 0 aliphatic rings. The first-order chi connectivity index (χ1) is 13.7. The standard InChI is InChI=1S/C22H26N2O4S/c1-6-27-19-9-7-18(8-10-19)22-24-20(17(5)28-22)13-23-29(25,26)21-15(3)11-14(2)12-16(21)4/h7-12,23H,6,13H2,1-5H3. The third-order valence-electron chi connectivity index (χ3n) is 4.61. The molecule has 2 aromatic carbocycles. The summed E-state index contributed by atoms with van der Waals surface area (Å²) in [6.07, 6.45) is 0. The van der Waals surface area contributed by atoms with E-state index in [9.17, 15) is 8.42 Å². The first-order valence-electron chi connectivity index (χ1n) is 9.48. The van der Waals surface area contributed by atoms with E-state index >= 15 is 0 Å². The number of ether oxygens (including phenoxy) is 1. The zero-order chi connectivity index (χ0) is 21.2. The summed E-state index contributed by atoms with van der Waals surface area (Å²) in [5, 5.41) is 0. The average molecular weight is 415 g/mol. The zero-order valence-electron chi connectivity index (χ0n) is 17.4. The Morgan fingerprint density at radius 3 is 2.24 bits per heavy atom. The number of aromatic nitrogens is 1. The van der Waals surface area contributed by atoms with Gasteiger partial charge in [-0.15, -0.1) is 0 Å². The van der Waals surface area contributed by atoms with Crippen molar-refractivity contribution in [2.75, 3.05) is 6.61 Å². The Hall–Kier alpha value is -2.64. The molecule has 3 aromatic rings. The fourth-order valence-electron chi connectivity index (χ4n) is 3.40. The molecule has 6 nitrogen and oxygen atoms in total. The molecule has 0 saturated heterocycles. The van der Waals surface area contributed by atoms with Gasteiger partial charge in [-0.2, -0.15) is 0 Å². The van der Waals surface area contributed by atoms with Crippen molar-refractivity contribution in [2.45, 2.75) is 46.1 Å². The Labute approximate surface area is 172 Å². The topological polar surface area (TPSA) is 81.4 Å². The van der Waals surface area contributed by atoms with E-state index in [1.54, 1.807) is 20.8 Å². The zero-order valence-corrected chi connectivity index (χ0v) is 18.2. The summed E-state index contributed by atoms with van der Waals surface area (Å²) in [4.78, 5) is 4.79. The molecule has 29 heavy (non-hydrogen) atoms. The Morgan fingerprint density at radius 1 is 1.03 bits per heavy atom. The SMILES string of the molecule is CCOc1ccc(-c2nc(CNS(=O)(=O)c3c(C)cc(C)cc3C)c(C)o2)cc1. The lowest BCUT2D eigenvalue weighted by molar-refractivity contribution is 0.340. The number of nitrogens with one attached hydrogen (secondary N) is 1. The molecule has 0 saturated carbocycles. The maximum Gasteiger partial charge on any atom is 0.241 e. The lowest BCUT2D eigenvalue weighted by Crippen LogP contribution is -2.25. The highest BCUT2D eigenvalue weighted by molar-refractivity contribution is 7.89. The van der Waals surface area contributed by atoms with Crippen molar-refractivity contribution in [3.63, 3.8) is 0 Å². The molecule has 0 aliphatic heterocycles. The van der Waals surface area contributed by atoms with Crippen LogP contribution in [-0.4, -0.2) is 20.0 Å². The van der Waals surface area contributed by atoms with Gasteiger partial charge in [0.25, 0.3) is 0 Å². The second-order valence-corrected chi connectivity index (χ2v) is 8.74. The molecule has 0 aliphatic carbocycles. The van der Waals surface area contributed by atoms with E-state index < -0.39 is 10.0 Å². The van der Waals surface area contributed by atoms with Crippen molar-refractivity contribution < 1.29 is 17.6 Å². The number of nitrogens with zero attached hydrogens (tertiary/aromatic N) is 1. The summed E-state index contributed by atoms with van der Waals surface area (Å²) in [5.41, 5.74) is 3.84. The van der Waals surface area contributed by atoms with Gasteiger partial charge in [-0.05, 0) is 70.0 Å². The number of sulfonamides is 1. The van der Waals surface area contributed by atoms with Crippen molar-refractivity contribution >= 4 is 10.0 Å². The van der Waals surface area contributed by atoms with E-state index in [-0.39, 0.29) is 6.54 Å². The van der Waals surface area contributed by atoms with Gasteiger partial charge in [-0.3, -0.25) is 0 Å². The first kappa shape index (κ1) is 21.1. The maximum atomic E-state index is 12.9. The molecule has 0 fully saturated rings. The molecule has 0 amide bonds. The highest BCUT2D eigenvalue weighted by atomic mass is 32.2. The second-order valence-electron chi connectivity index (χ2n) is 7.03. The minimum Gasteiger partial charge on any atom is -0.494 e. The molecule has 0 bridgehead atoms. The minimum atomic E-state index is -3.67. The van der Waals surface area contributed by atoms with E-state index in [0.29, 0.717) is 28.8 Å². The Balaban J connectivity index is 1.79. The fraction of sp³-hybridized carbons (Fsp3) is 0.318. The smallest absolute Gasteiger partial charge is 0.241 e. The van der Waals surface area contributed by atoms with Crippen LogP contribution < -0.4 is 9.46 Å². The predicted octanol–water partition coefficient (Wildman–Crippen LogP) is 4.45. The predicted molar refractivity (Wildman–Crippen MR) is 113 cm³/mol. The summed E-state index contributed by atoms with van der Waals surface area (Å²) >= 11 is 0. The third kappa shape index (κ3) is 4.68. The molecule has 0 radical (unpaired) electrons. The van der Waals surface area contributed by atoms with Crippen LogP contribution in [0.25, 0.3) is 11.5 Å². The molecule has 1 heterocycles. The lowest BCUT2D eigenvalue weighted by Gasteiger charge is -2.12. The molecule has 1 N–H and O–H groups in total. The first-order valence-corrected chi connectivity index (χ1v) is 11.0. The van der Waals surface area contributed by atoms with Crippen LogP contribution in [0.15, 0.2) is 45.7 Å². The van der Waals surface area contributed by atoms with Crippen molar-refractivity contribution in [2.24, 2.45) is 0 Å². The van der Waals surface area contributed by atoms with Gasteiger partial charge in [0.05, 0.1) is 23.7 Å². The van der Waals surface area contributed by atoms with Gasteiger partial charge in [-0.25, -0.2) is 18.1 Å². The van der Waals surface area contributed by atoms with Crippen molar-refractivity contribution in [1.82, 2.24) is 9.71 Å². The van der Waals surface area contributed by atoms with Crippen LogP contribution in [0.4, 0.5) is 0 Å². The molecular formula is C22H26N2O4S. The van der Waals surface area contributed by atoms with E-state index in [1.165, 1.54) is 0 Å². The van der Waals surface area contributed by atoms with E-state index in [2.05, 4.69) is 9.71 Å². The van der Waals surface area contributed by atoms with Crippen LogP contribution in [-0.2, 0) is 16.6 Å². The quantitative estimate of drug-likeness (QED) is 0.618. The van der Waals surface area contributed by atoms with Crippen LogP contribution in [0.1, 0.15) is 35.1 Å². The summed E-state index contributed by atoms with van der Waals surface area (Å²) < 4.78 is 39.6. The largest absolute Gasteiger partial charge is 0.494 e. The Morgan fingerprint density at radius 2 is 1.66 bits per heavy atom. The van der Waals surface area contributed by atoms with Crippen LogP contribution in [0.2, 0.25) is 0 Å². The molecule has 1 aromatic heterocycles. The van der Waals surface area contributed by atoms with Gasteiger partial charge in [0.15, 0.2) is 0 Å². The van der Waals surface area contributed by atoms with Crippen LogP contribution in [0, 0.1) is 27.7 Å². The van der Waals surface area contributed by atoms with Crippen LogP contribution >= 0.6 is 0 Å². The highest BCUT2D eigenvalue weighted by Gasteiger charge is 2.21. The number of hydrogen-bond acceptors (Lipinski definition) is 5. The summed E-state index contributed by atoms with van der Waals surface area (Å²) in [5.74, 6) is 1.80. The normalized spacial score (nSPS) is 11.6. The molecular weight excluding hydrogens is 388 g/mol. The van der Waals surface area contributed by atoms with Crippen LogP contribution in [0.5, 0.6) is 5.75 Å². The Kier molecular flexibility index (Phi) is 6.10. The summed E-state index contributed by atoms with van der Waals surface area (Å²) in [7, 11) is -3.67. The van der Waals surface area contributed by atoms with Gasteiger partial charge in [0.2, 0.25) is 15.9 Å². The van der Waals surface area contributed by atoms with E-state index in [4.69, 9.17) is 9.15 Å². The lowest BCUT2D eigenvalue weighted by atomic mass is 10.1. The number of rotatable bonds is 7.